The van der Waals surface area contributed by atoms with E-state index < -0.39 is 11.7 Å². The fourth-order valence-corrected chi connectivity index (χ4v) is 4.57. The van der Waals surface area contributed by atoms with Crippen LogP contribution in [0.4, 0.5) is 13.2 Å². The third-order valence-corrected chi connectivity index (χ3v) is 6.79. The first-order chi connectivity index (χ1) is 16.9. The van der Waals surface area contributed by atoms with E-state index in [4.69, 9.17) is 9.47 Å². The first-order valence-corrected chi connectivity index (χ1v) is 12.3. The van der Waals surface area contributed by atoms with Crippen molar-refractivity contribution in [2.75, 3.05) is 13.2 Å². The SMILES string of the molecule is C=CC1CCC(C(=C)/C(F)=C(F)\C(=C/C)COc2ccc(C3=CCC(OCC)C=C3F)cc2)CC1. The highest BCUT2D eigenvalue weighted by Gasteiger charge is 2.26. The zero-order chi connectivity index (χ0) is 25.4. The number of allylic oxidation sites excluding steroid dienone is 6. The summed E-state index contributed by atoms with van der Waals surface area (Å²) in [6.45, 7) is 11.6. The number of benzene rings is 1. The first-order valence-electron chi connectivity index (χ1n) is 12.3. The van der Waals surface area contributed by atoms with Crippen molar-refractivity contribution in [1.82, 2.24) is 0 Å². The van der Waals surface area contributed by atoms with Crippen LogP contribution in [-0.4, -0.2) is 19.3 Å². The van der Waals surface area contributed by atoms with Gasteiger partial charge in [0.15, 0.2) is 11.7 Å². The minimum absolute atomic E-state index is 0.0594. The van der Waals surface area contributed by atoms with Gasteiger partial charge in [0.1, 0.15) is 18.2 Å². The smallest absolute Gasteiger partial charge is 0.165 e. The highest BCUT2D eigenvalue weighted by molar-refractivity contribution is 5.78. The van der Waals surface area contributed by atoms with Gasteiger partial charge in [-0.1, -0.05) is 36.9 Å². The van der Waals surface area contributed by atoms with Gasteiger partial charge in [0, 0.05) is 17.8 Å². The summed E-state index contributed by atoms with van der Waals surface area (Å²) in [5.41, 5.74) is 1.57. The molecule has 2 aliphatic rings. The van der Waals surface area contributed by atoms with Crippen LogP contribution in [0.2, 0.25) is 0 Å². The quantitative estimate of drug-likeness (QED) is 0.244. The second kappa shape index (κ2) is 12.8. The number of hydrogen-bond acceptors (Lipinski definition) is 2. The van der Waals surface area contributed by atoms with Crippen LogP contribution in [0.1, 0.15) is 51.5 Å². The van der Waals surface area contributed by atoms with E-state index in [1.165, 1.54) is 12.2 Å². The van der Waals surface area contributed by atoms with Crippen molar-refractivity contribution in [3.05, 3.63) is 95.9 Å². The van der Waals surface area contributed by atoms with Gasteiger partial charge in [0.2, 0.25) is 0 Å². The van der Waals surface area contributed by atoms with Crippen LogP contribution >= 0.6 is 0 Å². The van der Waals surface area contributed by atoms with Crippen LogP contribution in [-0.2, 0) is 4.74 Å². The second-order valence-corrected chi connectivity index (χ2v) is 8.99. The molecule has 0 aromatic heterocycles. The molecule has 35 heavy (non-hydrogen) atoms. The van der Waals surface area contributed by atoms with Crippen LogP contribution in [0.3, 0.4) is 0 Å². The fourth-order valence-electron chi connectivity index (χ4n) is 4.57. The van der Waals surface area contributed by atoms with Crippen molar-refractivity contribution < 1.29 is 22.6 Å². The van der Waals surface area contributed by atoms with Crippen molar-refractivity contribution in [3.8, 4) is 5.75 Å². The maximum absolute atomic E-state index is 15.0. The van der Waals surface area contributed by atoms with Gasteiger partial charge in [-0.2, -0.15) is 0 Å². The van der Waals surface area contributed by atoms with Gasteiger partial charge >= 0.3 is 0 Å². The Morgan fingerprint density at radius 2 is 1.77 bits per heavy atom. The molecule has 1 fully saturated rings. The van der Waals surface area contributed by atoms with E-state index in [1.54, 1.807) is 31.2 Å². The average Bonchev–Trinajstić information content (AvgIpc) is 2.89. The van der Waals surface area contributed by atoms with E-state index in [0.29, 0.717) is 35.8 Å². The summed E-state index contributed by atoms with van der Waals surface area (Å²) in [6.07, 6.45) is 10.5. The summed E-state index contributed by atoms with van der Waals surface area (Å²) < 4.78 is 55.5. The lowest BCUT2D eigenvalue weighted by molar-refractivity contribution is 0.0964. The minimum Gasteiger partial charge on any atom is -0.489 e. The molecule has 1 aromatic carbocycles. The van der Waals surface area contributed by atoms with Crippen LogP contribution in [0.25, 0.3) is 5.57 Å². The predicted molar refractivity (Wildman–Crippen MR) is 137 cm³/mol. The molecular weight excluding hydrogens is 449 g/mol. The molecule has 2 nitrogen and oxygen atoms in total. The molecule has 0 saturated heterocycles. The lowest BCUT2D eigenvalue weighted by Gasteiger charge is -2.27. The monoisotopic (exact) mass is 484 g/mol. The van der Waals surface area contributed by atoms with E-state index in [2.05, 4.69) is 13.2 Å². The van der Waals surface area contributed by atoms with Crippen molar-refractivity contribution in [2.45, 2.75) is 52.1 Å². The largest absolute Gasteiger partial charge is 0.489 e. The Morgan fingerprint density at radius 3 is 2.34 bits per heavy atom. The molecule has 0 radical (unpaired) electrons. The average molecular weight is 485 g/mol. The van der Waals surface area contributed by atoms with E-state index >= 15 is 0 Å². The van der Waals surface area contributed by atoms with Crippen LogP contribution in [0.15, 0.2) is 90.4 Å². The molecule has 0 spiro atoms. The van der Waals surface area contributed by atoms with Gasteiger partial charge in [-0.25, -0.2) is 13.2 Å². The van der Waals surface area contributed by atoms with Gasteiger partial charge in [0.25, 0.3) is 0 Å². The molecule has 1 atom stereocenters. The Morgan fingerprint density at radius 1 is 1.09 bits per heavy atom. The lowest BCUT2D eigenvalue weighted by Crippen LogP contribution is -2.15. The van der Waals surface area contributed by atoms with Gasteiger partial charge in [-0.05, 0) is 87.1 Å². The van der Waals surface area contributed by atoms with E-state index in [9.17, 15) is 13.2 Å². The van der Waals surface area contributed by atoms with Gasteiger partial charge < -0.3 is 9.47 Å². The maximum Gasteiger partial charge on any atom is 0.165 e. The van der Waals surface area contributed by atoms with E-state index in [-0.39, 0.29) is 35.6 Å². The van der Waals surface area contributed by atoms with E-state index in [0.717, 1.165) is 25.7 Å². The number of halogens is 3. The summed E-state index contributed by atoms with van der Waals surface area (Å²) in [5.74, 6) is -1.28. The molecule has 0 amide bonds. The zero-order valence-corrected chi connectivity index (χ0v) is 20.7. The number of hydrogen-bond donors (Lipinski definition) is 0. The van der Waals surface area contributed by atoms with Gasteiger partial charge in [-0.3, -0.25) is 0 Å². The molecule has 0 N–H and O–H groups in total. The molecule has 0 heterocycles. The van der Waals surface area contributed by atoms with Crippen molar-refractivity contribution in [2.24, 2.45) is 11.8 Å². The Kier molecular flexibility index (Phi) is 9.79. The molecular formula is C30H35F3O2. The Hall–Kier alpha value is -2.79. The molecule has 1 aromatic rings. The molecule has 188 valence electrons. The lowest BCUT2D eigenvalue weighted by atomic mass is 9.78. The zero-order valence-electron chi connectivity index (χ0n) is 20.7. The topological polar surface area (TPSA) is 18.5 Å². The highest BCUT2D eigenvalue weighted by Crippen LogP contribution is 2.38. The normalized spacial score (nSPS) is 23.7. The molecule has 1 saturated carbocycles. The molecule has 2 aliphatic carbocycles. The van der Waals surface area contributed by atoms with Gasteiger partial charge in [-0.15, -0.1) is 6.58 Å². The van der Waals surface area contributed by atoms with E-state index in [1.807, 2.05) is 19.1 Å². The summed E-state index contributed by atoms with van der Waals surface area (Å²) in [4.78, 5) is 0. The summed E-state index contributed by atoms with van der Waals surface area (Å²) in [5, 5.41) is 0. The molecule has 3 rings (SSSR count). The summed E-state index contributed by atoms with van der Waals surface area (Å²) in [7, 11) is 0. The van der Waals surface area contributed by atoms with Crippen molar-refractivity contribution >= 4 is 5.57 Å². The Bertz CT molecular complexity index is 1020. The summed E-state index contributed by atoms with van der Waals surface area (Å²) in [6, 6.07) is 6.89. The molecule has 1 unspecified atom stereocenters. The number of ether oxygens (including phenoxy) is 2. The minimum atomic E-state index is -0.927. The molecule has 0 aliphatic heterocycles. The van der Waals surface area contributed by atoms with Crippen molar-refractivity contribution in [1.29, 1.82) is 0 Å². The Balaban J connectivity index is 1.60. The van der Waals surface area contributed by atoms with Crippen LogP contribution < -0.4 is 4.74 Å². The van der Waals surface area contributed by atoms with Crippen molar-refractivity contribution in [3.63, 3.8) is 0 Å². The Labute approximate surface area is 207 Å². The van der Waals surface area contributed by atoms with Gasteiger partial charge in [0.05, 0.1) is 6.10 Å². The third-order valence-electron chi connectivity index (χ3n) is 6.79. The summed E-state index contributed by atoms with van der Waals surface area (Å²) >= 11 is 0. The second-order valence-electron chi connectivity index (χ2n) is 8.99. The maximum atomic E-state index is 15.0. The van der Waals surface area contributed by atoms with Crippen LogP contribution in [0.5, 0.6) is 5.75 Å². The standard InChI is InChI=1S/C30H35F3O2/c1-5-21-8-10-23(11-9-21)20(4)29(32)30(33)22(6-2)19-35-25-14-12-24(13-15-25)27-17-16-26(34-7-3)18-28(27)31/h5-6,12-15,17-18,21,23,26H,1,4,7-11,16,19H2,2-3H3/b22-6-,30-29-. The molecule has 0 bridgehead atoms. The highest BCUT2D eigenvalue weighted by atomic mass is 19.2. The number of rotatable bonds is 10. The van der Waals surface area contributed by atoms with Crippen LogP contribution in [0, 0.1) is 11.8 Å². The predicted octanol–water partition coefficient (Wildman–Crippen LogP) is 8.76. The first kappa shape index (κ1) is 26.8. The fraction of sp³-hybridized carbons (Fsp3) is 0.400. The molecule has 5 heteroatoms. The third kappa shape index (κ3) is 6.88.